The van der Waals surface area contributed by atoms with Crippen LogP contribution >= 0.6 is 11.8 Å². The van der Waals surface area contributed by atoms with Crippen molar-refractivity contribution in [1.29, 1.82) is 0 Å². The number of hydrogen-bond acceptors (Lipinski definition) is 5. The van der Waals surface area contributed by atoms with Gasteiger partial charge in [-0.3, -0.25) is 4.79 Å². The number of thioether (sulfide) groups is 1. The molecule has 1 amide bonds. The first-order valence-electron chi connectivity index (χ1n) is 11.5. The quantitative estimate of drug-likeness (QED) is 0.459. The molecule has 0 fully saturated rings. The summed E-state index contributed by atoms with van der Waals surface area (Å²) < 4.78 is 11.4. The Morgan fingerprint density at radius 3 is 2.09 bits per heavy atom. The molecule has 1 N–H and O–H groups in total. The molecule has 0 saturated heterocycles. The minimum atomic E-state index is -1.04. The van der Waals surface area contributed by atoms with Crippen molar-refractivity contribution in [2.75, 3.05) is 0 Å². The molecule has 6 heteroatoms. The van der Waals surface area contributed by atoms with Gasteiger partial charge in [0, 0.05) is 10.7 Å². The Morgan fingerprint density at radius 1 is 0.941 bits per heavy atom. The van der Waals surface area contributed by atoms with Crippen LogP contribution in [-0.2, 0) is 20.9 Å². The molecule has 0 aliphatic carbocycles. The molecule has 3 atom stereocenters. The Morgan fingerprint density at radius 2 is 1.53 bits per heavy atom. The second-order valence-corrected chi connectivity index (χ2v) is 11.1. The Bertz CT molecular complexity index is 974. The maximum atomic E-state index is 13.2. The van der Waals surface area contributed by atoms with Crippen LogP contribution in [0.4, 0.5) is 4.79 Å². The van der Waals surface area contributed by atoms with Crippen molar-refractivity contribution < 1.29 is 19.1 Å². The summed E-state index contributed by atoms with van der Waals surface area (Å²) in [6, 6.07) is 18.9. The van der Waals surface area contributed by atoms with Crippen molar-refractivity contribution in [2.24, 2.45) is 5.92 Å². The zero-order valence-electron chi connectivity index (χ0n) is 20.8. The molecule has 0 aliphatic heterocycles. The molecule has 182 valence electrons. The molecule has 2 aromatic carbocycles. The molecule has 0 aliphatic rings. The number of carbonyl (C=O) groups is 2. The summed E-state index contributed by atoms with van der Waals surface area (Å²) in [7, 11) is 0. The van der Waals surface area contributed by atoms with E-state index < -0.39 is 18.3 Å². The topological polar surface area (TPSA) is 64.6 Å². The normalized spacial score (nSPS) is 13.9. The van der Waals surface area contributed by atoms with E-state index in [0.717, 1.165) is 22.9 Å². The first-order chi connectivity index (χ1) is 16.0. The van der Waals surface area contributed by atoms with Crippen LogP contribution < -0.4 is 5.32 Å². The van der Waals surface area contributed by atoms with Crippen LogP contribution in [-0.4, -0.2) is 28.2 Å². The number of nitrogens with one attached hydrogen (secondary N) is 1. The third kappa shape index (κ3) is 10.0. The Labute approximate surface area is 208 Å². The molecule has 0 bridgehead atoms. The molecule has 0 saturated carbocycles. The van der Waals surface area contributed by atoms with Gasteiger partial charge < -0.3 is 14.8 Å². The highest BCUT2D eigenvalue weighted by Crippen LogP contribution is 2.28. The molecular weight excluding hydrogens is 446 g/mol. The highest BCUT2D eigenvalue weighted by molar-refractivity contribution is 8.14. The zero-order chi connectivity index (χ0) is 25.1. The van der Waals surface area contributed by atoms with Gasteiger partial charge in [0.25, 0.3) is 0 Å². The van der Waals surface area contributed by atoms with Crippen LogP contribution in [0.25, 0.3) is 0 Å². The fourth-order valence-corrected chi connectivity index (χ4v) is 3.88. The zero-order valence-corrected chi connectivity index (χ0v) is 21.6. The fourth-order valence-electron chi connectivity index (χ4n) is 2.97. The molecule has 0 heterocycles. The van der Waals surface area contributed by atoms with Crippen molar-refractivity contribution in [3.05, 3.63) is 71.8 Å². The number of amides is 1. The highest BCUT2D eigenvalue weighted by atomic mass is 32.2. The molecule has 34 heavy (non-hydrogen) atoms. The van der Waals surface area contributed by atoms with Crippen LogP contribution in [0.5, 0.6) is 0 Å². The van der Waals surface area contributed by atoms with Gasteiger partial charge in [0.1, 0.15) is 0 Å². The summed E-state index contributed by atoms with van der Waals surface area (Å²) >= 11 is 1.16. The highest BCUT2D eigenvalue weighted by Gasteiger charge is 2.34. The number of rotatable bonds is 8. The Balaban J connectivity index is 2.24. The lowest BCUT2D eigenvalue weighted by Crippen LogP contribution is -2.41. The van der Waals surface area contributed by atoms with Gasteiger partial charge in [-0.1, -0.05) is 119 Å². The first-order valence-corrected chi connectivity index (χ1v) is 12.3. The van der Waals surface area contributed by atoms with E-state index in [-0.39, 0.29) is 28.4 Å². The van der Waals surface area contributed by atoms with Crippen molar-refractivity contribution in [3.63, 3.8) is 0 Å². The fraction of sp³-hybridized carbons (Fsp3) is 0.429. The number of benzene rings is 2. The lowest BCUT2D eigenvalue weighted by Gasteiger charge is -2.26. The Hall–Kier alpha value is -2.75. The SMILES string of the molecule is CC(C)C#C[C@H](OC(=O)N[C@@H](C)c1ccccc1)[C@@H](OCc1ccccc1)C(=O)SC(C)(C)C. The molecule has 2 rings (SSSR count). The van der Waals surface area contributed by atoms with Gasteiger partial charge >= 0.3 is 6.09 Å². The van der Waals surface area contributed by atoms with Crippen LogP contribution in [0.2, 0.25) is 0 Å². The van der Waals surface area contributed by atoms with Crippen LogP contribution in [0, 0.1) is 17.8 Å². The van der Waals surface area contributed by atoms with Crippen LogP contribution in [0.3, 0.4) is 0 Å². The van der Waals surface area contributed by atoms with Gasteiger partial charge in [-0.25, -0.2) is 4.79 Å². The summed E-state index contributed by atoms with van der Waals surface area (Å²) in [5.74, 6) is 6.05. The molecule has 0 aromatic heterocycles. The van der Waals surface area contributed by atoms with E-state index in [1.165, 1.54) is 0 Å². The van der Waals surface area contributed by atoms with Gasteiger partial charge in [-0.2, -0.15) is 0 Å². The monoisotopic (exact) mass is 481 g/mol. The van der Waals surface area contributed by atoms with E-state index in [2.05, 4.69) is 17.2 Å². The maximum absolute atomic E-state index is 13.2. The van der Waals surface area contributed by atoms with Crippen molar-refractivity contribution in [3.8, 4) is 11.8 Å². The minimum absolute atomic E-state index is 0.0394. The molecule has 2 aromatic rings. The predicted octanol–water partition coefficient (Wildman–Crippen LogP) is 6.15. The Kier molecular flexibility index (Phi) is 10.7. The second-order valence-electron chi connectivity index (χ2n) is 9.30. The average molecular weight is 482 g/mol. The number of alkyl carbamates (subject to hydrolysis) is 1. The average Bonchev–Trinajstić information content (AvgIpc) is 2.77. The van der Waals surface area contributed by atoms with Gasteiger partial charge in [0.2, 0.25) is 5.12 Å². The molecule has 0 radical (unpaired) electrons. The third-order valence-corrected chi connectivity index (χ3v) is 5.61. The van der Waals surface area contributed by atoms with E-state index >= 15 is 0 Å². The van der Waals surface area contributed by atoms with Gasteiger partial charge in [-0.05, 0) is 18.1 Å². The summed E-state index contributed by atoms with van der Waals surface area (Å²) in [6.07, 6.45) is -2.73. The predicted molar refractivity (Wildman–Crippen MR) is 138 cm³/mol. The van der Waals surface area contributed by atoms with Crippen LogP contribution in [0.15, 0.2) is 60.7 Å². The standard InChI is InChI=1S/C28H35NO4S/c1-20(2)17-18-24(33-27(31)29-21(3)23-15-11-8-12-16-23)25(26(30)34-28(4,5)6)32-19-22-13-9-7-10-14-22/h7-16,20-21,24-25H,19H2,1-6H3,(H,29,31)/t21-,24-,25+/m0/s1. The van der Waals surface area contributed by atoms with Crippen LogP contribution in [0.1, 0.15) is 58.7 Å². The lowest BCUT2D eigenvalue weighted by molar-refractivity contribution is -0.127. The summed E-state index contributed by atoms with van der Waals surface area (Å²) in [5, 5.41) is 2.60. The largest absolute Gasteiger partial charge is 0.430 e. The lowest BCUT2D eigenvalue weighted by atomic mass is 10.1. The summed E-state index contributed by atoms with van der Waals surface area (Å²) in [5.41, 5.74) is 1.86. The van der Waals surface area contributed by atoms with Crippen molar-refractivity contribution >= 4 is 23.0 Å². The molecule has 0 unspecified atom stereocenters. The van der Waals surface area contributed by atoms with E-state index in [0.29, 0.717) is 0 Å². The number of hydrogen-bond donors (Lipinski definition) is 1. The minimum Gasteiger partial charge on any atom is -0.430 e. The maximum Gasteiger partial charge on any atom is 0.408 e. The summed E-state index contributed by atoms with van der Waals surface area (Å²) in [4.78, 5) is 26.0. The van der Waals surface area contributed by atoms with E-state index in [4.69, 9.17) is 9.47 Å². The summed E-state index contributed by atoms with van der Waals surface area (Å²) in [6.45, 7) is 11.8. The number of ether oxygens (including phenoxy) is 2. The number of carbonyl (C=O) groups excluding carboxylic acids is 2. The van der Waals surface area contributed by atoms with Gasteiger partial charge in [0.05, 0.1) is 12.6 Å². The molecular formula is C28H35NO4S. The van der Waals surface area contributed by atoms with E-state index in [1.54, 1.807) is 0 Å². The third-order valence-electron chi connectivity index (χ3n) is 4.57. The van der Waals surface area contributed by atoms with Crippen molar-refractivity contribution in [1.82, 2.24) is 5.32 Å². The van der Waals surface area contributed by atoms with Crippen molar-refractivity contribution in [2.45, 2.75) is 71.1 Å². The van der Waals surface area contributed by atoms with Gasteiger partial charge in [-0.15, -0.1) is 0 Å². The van der Waals surface area contributed by atoms with Gasteiger partial charge in [0.15, 0.2) is 12.2 Å². The smallest absolute Gasteiger partial charge is 0.408 e. The second kappa shape index (κ2) is 13.2. The van der Waals surface area contributed by atoms with E-state index in [9.17, 15) is 9.59 Å². The van der Waals surface area contributed by atoms with E-state index in [1.807, 2.05) is 102 Å². The first kappa shape index (κ1) is 27.5. The molecule has 0 spiro atoms. The molecule has 5 nitrogen and oxygen atoms in total.